The Bertz CT molecular complexity index is 141. The van der Waals surface area contributed by atoms with Crippen molar-refractivity contribution < 1.29 is 8.85 Å². The Hall–Kier alpha value is 0.784. The van der Waals surface area contributed by atoms with E-state index in [2.05, 4.69) is 35.8 Å². The van der Waals surface area contributed by atoms with E-state index in [0.717, 1.165) is 0 Å². The van der Waals surface area contributed by atoms with Crippen LogP contribution in [0.2, 0.25) is 19.6 Å². The summed E-state index contributed by atoms with van der Waals surface area (Å²) in [6.45, 7) is 9.11. The molecular formula is C7H21O2PSi2. The maximum Gasteiger partial charge on any atom is 0.321 e. The quantitative estimate of drug-likeness (QED) is 0.537. The molecule has 12 heavy (non-hydrogen) atoms. The molecule has 0 aromatic carbocycles. The van der Waals surface area contributed by atoms with Crippen LogP contribution in [0.15, 0.2) is 0 Å². The lowest BCUT2D eigenvalue weighted by atomic mass is 11.0. The van der Waals surface area contributed by atoms with Crippen molar-refractivity contribution in [3.8, 4) is 0 Å². The Labute approximate surface area is 80.3 Å². The molecule has 0 saturated carbocycles. The second kappa shape index (κ2) is 4.33. The van der Waals surface area contributed by atoms with Crippen molar-refractivity contribution in [1.82, 2.24) is 0 Å². The summed E-state index contributed by atoms with van der Waals surface area (Å²) in [5, 5.41) is 0.458. The molecule has 0 N–H and O–H groups in total. The maximum atomic E-state index is 5.67. The summed E-state index contributed by atoms with van der Waals surface area (Å²) in [6.07, 6.45) is 0. The van der Waals surface area contributed by atoms with Crippen molar-refractivity contribution in [2.75, 3.05) is 14.2 Å². The molecule has 0 bridgehead atoms. The van der Waals surface area contributed by atoms with Gasteiger partial charge in [-0.2, -0.15) is 0 Å². The van der Waals surface area contributed by atoms with Crippen molar-refractivity contribution in [1.29, 1.82) is 0 Å². The molecule has 0 aliphatic heterocycles. The Balaban J connectivity index is 4.83. The van der Waals surface area contributed by atoms with Gasteiger partial charge in [0.2, 0.25) is 0 Å². The van der Waals surface area contributed by atoms with Gasteiger partial charge in [-0.3, -0.25) is 0 Å². The van der Waals surface area contributed by atoms with Gasteiger partial charge in [0.1, 0.15) is 7.59 Å². The van der Waals surface area contributed by atoms with Crippen LogP contribution in [0.25, 0.3) is 0 Å². The molecule has 0 rings (SSSR count). The van der Waals surface area contributed by atoms with E-state index < -0.39 is 15.7 Å². The molecule has 74 valence electrons. The summed E-state index contributed by atoms with van der Waals surface area (Å²) in [4.78, 5) is 0. The van der Waals surface area contributed by atoms with Crippen LogP contribution >= 0.6 is 9.24 Å². The molecule has 0 amide bonds. The Morgan fingerprint density at radius 3 is 1.42 bits per heavy atom. The average Bonchev–Trinajstić information content (AvgIpc) is 1.87. The van der Waals surface area contributed by atoms with Crippen molar-refractivity contribution in [2.24, 2.45) is 0 Å². The molecule has 0 aliphatic carbocycles. The third-order valence-electron chi connectivity index (χ3n) is 2.25. The van der Waals surface area contributed by atoms with E-state index in [1.807, 2.05) is 0 Å². The highest BCUT2D eigenvalue weighted by Crippen LogP contribution is 2.28. The molecule has 0 saturated heterocycles. The molecule has 0 aromatic heterocycles. The lowest BCUT2D eigenvalue weighted by Gasteiger charge is -2.40. The number of rotatable bonds is 4. The normalized spacial score (nSPS) is 16.2. The molecule has 0 spiro atoms. The largest absolute Gasteiger partial charge is 0.400 e. The van der Waals surface area contributed by atoms with Crippen LogP contribution in [-0.4, -0.2) is 35.2 Å². The van der Waals surface area contributed by atoms with Crippen LogP contribution in [0.1, 0.15) is 6.92 Å². The molecule has 2 nitrogen and oxygen atoms in total. The van der Waals surface area contributed by atoms with E-state index in [1.54, 1.807) is 14.2 Å². The molecule has 0 aromatic rings. The Morgan fingerprint density at radius 1 is 1.08 bits per heavy atom. The lowest BCUT2D eigenvalue weighted by Crippen LogP contribution is -2.66. The van der Waals surface area contributed by atoms with Crippen molar-refractivity contribution in [2.45, 2.75) is 31.8 Å². The number of hydrogen-bond donors (Lipinski definition) is 0. The zero-order chi connectivity index (χ0) is 9.99. The SMILES string of the molecule is CO[Si](OC)(C(C)P)[Si](C)(C)C. The van der Waals surface area contributed by atoms with Crippen molar-refractivity contribution in [3.05, 3.63) is 0 Å². The van der Waals surface area contributed by atoms with E-state index in [-0.39, 0.29) is 0 Å². The lowest BCUT2D eigenvalue weighted by molar-refractivity contribution is 0.261. The second-order valence-electron chi connectivity index (χ2n) is 4.11. The van der Waals surface area contributed by atoms with Gasteiger partial charge in [-0.15, -0.1) is 9.24 Å². The summed E-state index contributed by atoms with van der Waals surface area (Å²) < 4.78 is 11.3. The highest BCUT2D eigenvalue weighted by atomic mass is 31.0. The van der Waals surface area contributed by atoms with E-state index in [1.165, 1.54) is 0 Å². The van der Waals surface area contributed by atoms with Gasteiger partial charge in [-0.25, -0.2) is 0 Å². The summed E-state index contributed by atoms with van der Waals surface area (Å²) >= 11 is 0. The van der Waals surface area contributed by atoms with E-state index in [4.69, 9.17) is 8.85 Å². The van der Waals surface area contributed by atoms with Gasteiger partial charge in [-0.1, -0.05) is 26.6 Å². The monoisotopic (exact) mass is 224 g/mol. The van der Waals surface area contributed by atoms with Gasteiger partial charge in [0.25, 0.3) is 0 Å². The van der Waals surface area contributed by atoms with Gasteiger partial charge in [-0.05, 0) is 0 Å². The Morgan fingerprint density at radius 2 is 1.42 bits per heavy atom. The van der Waals surface area contributed by atoms with Gasteiger partial charge in [0.05, 0.1) is 0 Å². The highest BCUT2D eigenvalue weighted by molar-refractivity contribution is 7.43. The summed E-state index contributed by atoms with van der Waals surface area (Å²) in [7, 11) is 3.15. The summed E-state index contributed by atoms with van der Waals surface area (Å²) in [5.74, 6) is 0. The standard InChI is InChI=1S/C7H21O2PSi2/c1-7(10)12(8-2,9-3)11(4,5)6/h7H,10H2,1-6H3. The fourth-order valence-electron chi connectivity index (χ4n) is 1.75. The minimum absolute atomic E-state index is 0.458. The first-order valence-electron chi connectivity index (χ1n) is 4.17. The zero-order valence-corrected chi connectivity index (χ0v) is 12.1. The highest BCUT2D eigenvalue weighted by Gasteiger charge is 2.51. The molecular weight excluding hydrogens is 203 g/mol. The average molecular weight is 224 g/mol. The van der Waals surface area contributed by atoms with Crippen LogP contribution in [0, 0.1) is 0 Å². The smallest absolute Gasteiger partial charge is 0.321 e. The second-order valence-corrected chi connectivity index (χ2v) is 19.9. The molecule has 5 heteroatoms. The van der Waals surface area contributed by atoms with Crippen LogP contribution in [0.4, 0.5) is 0 Å². The zero-order valence-electron chi connectivity index (χ0n) is 8.97. The predicted molar refractivity (Wildman–Crippen MR) is 62.3 cm³/mol. The van der Waals surface area contributed by atoms with E-state index in [9.17, 15) is 0 Å². The molecule has 0 heterocycles. The first-order valence-corrected chi connectivity index (χ1v) is 11.2. The molecule has 0 radical (unpaired) electrons. The molecule has 0 aliphatic rings. The predicted octanol–water partition coefficient (Wildman–Crippen LogP) is 1.94. The molecule has 0 fully saturated rings. The first kappa shape index (κ1) is 12.8. The fourth-order valence-corrected chi connectivity index (χ4v) is 18.3. The maximum absolute atomic E-state index is 5.67. The van der Waals surface area contributed by atoms with Crippen molar-refractivity contribution >= 4 is 24.9 Å². The van der Waals surface area contributed by atoms with Gasteiger partial charge in [0, 0.05) is 19.5 Å². The van der Waals surface area contributed by atoms with Crippen LogP contribution < -0.4 is 0 Å². The first-order chi connectivity index (χ1) is 5.31. The van der Waals surface area contributed by atoms with Gasteiger partial charge < -0.3 is 8.85 Å². The minimum Gasteiger partial charge on any atom is -0.400 e. The van der Waals surface area contributed by atoms with Gasteiger partial charge in [0.15, 0.2) is 0 Å². The van der Waals surface area contributed by atoms with Crippen LogP contribution in [0.5, 0.6) is 0 Å². The van der Waals surface area contributed by atoms with Gasteiger partial charge >= 0.3 is 8.08 Å². The van der Waals surface area contributed by atoms with Crippen LogP contribution in [0.3, 0.4) is 0 Å². The topological polar surface area (TPSA) is 18.5 Å². The fraction of sp³-hybridized carbons (Fsp3) is 1.00. The summed E-state index contributed by atoms with van der Waals surface area (Å²) in [6, 6.07) is 0. The third-order valence-corrected chi connectivity index (χ3v) is 17.9. The van der Waals surface area contributed by atoms with Crippen molar-refractivity contribution in [3.63, 3.8) is 0 Å². The number of hydrogen-bond acceptors (Lipinski definition) is 2. The minimum atomic E-state index is -1.92. The third kappa shape index (κ3) is 2.18. The molecule has 2 atom stereocenters. The van der Waals surface area contributed by atoms with E-state index >= 15 is 0 Å². The Kier molecular flexibility index (Phi) is 4.62. The summed E-state index contributed by atoms with van der Waals surface area (Å²) in [5.41, 5.74) is 0. The van der Waals surface area contributed by atoms with E-state index in [0.29, 0.717) is 5.28 Å². The molecule has 2 unspecified atom stereocenters. The van der Waals surface area contributed by atoms with Crippen LogP contribution in [-0.2, 0) is 8.85 Å².